The van der Waals surface area contributed by atoms with Gasteiger partial charge in [0.15, 0.2) is 0 Å². The first-order valence-corrected chi connectivity index (χ1v) is 7.39. The van der Waals surface area contributed by atoms with Gasteiger partial charge in [0.25, 0.3) is 0 Å². The minimum absolute atomic E-state index is 0.0581. The van der Waals surface area contributed by atoms with Gasteiger partial charge in [0.1, 0.15) is 5.75 Å². The second-order valence-electron chi connectivity index (χ2n) is 5.32. The van der Waals surface area contributed by atoms with Crippen molar-refractivity contribution in [3.05, 3.63) is 23.8 Å². The van der Waals surface area contributed by atoms with Crippen molar-refractivity contribution < 1.29 is 14.3 Å². The summed E-state index contributed by atoms with van der Waals surface area (Å²) < 4.78 is 5.50. The molecule has 1 heterocycles. The molecule has 1 aliphatic heterocycles. The first-order valence-electron chi connectivity index (χ1n) is 7.39. The molecule has 0 aromatic heterocycles. The van der Waals surface area contributed by atoms with E-state index in [1.807, 2.05) is 25.2 Å². The Balaban J connectivity index is 2.04. The maximum absolute atomic E-state index is 12.1. The molecular weight excluding hydrogens is 268 g/mol. The van der Waals surface area contributed by atoms with E-state index in [1.54, 1.807) is 4.90 Å². The molecule has 114 valence electrons. The van der Waals surface area contributed by atoms with E-state index in [2.05, 4.69) is 12.2 Å². The first kappa shape index (κ1) is 15.4. The number of amides is 2. The number of hydrogen-bond donors (Lipinski definition) is 1. The van der Waals surface area contributed by atoms with E-state index in [0.717, 1.165) is 24.9 Å². The number of likely N-dealkylation sites (N-methyl/N-ethyl adjacent to an activating group) is 1. The summed E-state index contributed by atoms with van der Waals surface area (Å²) in [6, 6.07) is 5.52. The minimum Gasteiger partial charge on any atom is -0.491 e. The van der Waals surface area contributed by atoms with Gasteiger partial charge in [-0.1, -0.05) is 19.4 Å². The van der Waals surface area contributed by atoms with Crippen LogP contribution in [0.15, 0.2) is 18.2 Å². The molecule has 5 heteroatoms. The average molecular weight is 290 g/mol. The molecular formula is C16H22N2O3. The van der Waals surface area contributed by atoms with Crippen molar-refractivity contribution in [3.8, 4) is 5.75 Å². The van der Waals surface area contributed by atoms with Crippen molar-refractivity contribution in [1.82, 2.24) is 4.90 Å². The van der Waals surface area contributed by atoms with Gasteiger partial charge in [0.05, 0.1) is 25.1 Å². The molecule has 0 spiro atoms. The zero-order valence-corrected chi connectivity index (χ0v) is 12.6. The van der Waals surface area contributed by atoms with Gasteiger partial charge in [-0.3, -0.25) is 9.59 Å². The number of benzene rings is 1. The average Bonchev–Trinajstić information content (AvgIpc) is 2.64. The van der Waals surface area contributed by atoms with Crippen LogP contribution in [0, 0.1) is 0 Å². The topological polar surface area (TPSA) is 58.6 Å². The van der Waals surface area contributed by atoms with Crippen LogP contribution < -0.4 is 10.1 Å². The van der Waals surface area contributed by atoms with Crippen LogP contribution in [0.25, 0.3) is 0 Å². The van der Waals surface area contributed by atoms with Crippen LogP contribution in [0.1, 0.15) is 31.7 Å². The summed E-state index contributed by atoms with van der Waals surface area (Å²) in [6.07, 6.45) is 2.77. The molecule has 1 aromatic rings. The molecule has 2 rings (SSSR count). The Morgan fingerprint density at radius 3 is 3.00 bits per heavy atom. The van der Waals surface area contributed by atoms with Gasteiger partial charge < -0.3 is 15.0 Å². The predicted molar refractivity (Wildman–Crippen MR) is 81.4 cm³/mol. The quantitative estimate of drug-likeness (QED) is 0.904. The van der Waals surface area contributed by atoms with Gasteiger partial charge in [-0.05, 0) is 24.1 Å². The van der Waals surface area contributed by atoms with E-state index in [4.69, 9.17) is 4.74 Å². The zero-order chi connectivity index (χ0) is 15.2. The van der Waals surface area contributed by atoms with Crippen molar-refractivity contribution in [2.45, 2.75) is 32.6 Å². The second-order valence-corrected chi connectivity index (χ2v) is 5.32. The summed E-state index contributed by atoms with van der Waals surface area (Å²) in [4.78, 5) is 25.4. The van der Waals surface area contributed by atoms with E-state index in [-0.39, 0.29) is 11.8 Å². The third-order valence-electron chi connectivity index (χ3n) is 3.53. The Labute approximate surface area is 125 Å². The fraction of sp³-hybridized carbons (Fsp3) is 0.500. The highest BCUT2D eigenvalue weighted by atomic mass is 16.5. The number of anilines is 1. The fourth-order valence-corrected chi connectivity index (χ4v) is 2.21. The molecule has 21 heavy (non-hydrogen) atoms. The SMILES string of the molecule is CCCCN(C)C(=O)Cc1ccc2c(c1)NC(=O)CCO2. The van der Waals surface area contributed by atoms with Gasteiger partial charge in [-0.15, -0.1) is 0 Å². The summed E-state index contributed by atoms with van der Waals surface area (Å²) in [5, 5.41) is 2.81. The minimum atomic E-state index is -0.0581. The van der Waals surface area contributed by atoms with Gasteiger partial charge in [-0.2, -0.15) is 0 Å². The number of carbonyl (C=O) groups is 2. The maximum Gasteiger partial charge on any atom is 0.227 e. The number of hydrogen-bond acceptors (Lipinski definition) is 3. The van der Waals surface area contributed by atoms with Gasteiger partial charge in [-0.25, -0.2) is 0 Å². The first-order chi connectivity index (χ1) is 10.1. The molecule has 5 nitrogen and oxygen atoms in total. The number of nitrogens with one attached hydrogen (secondary N) is 1. The molecule has 0 aliphatic carbocycles. The lowest BCUT2D eigenvalue weighted by Gasteiger charge is -2.17. The zero-order valence-electron chi connectivity index (χ0n) is 12.6. The molecule has 1 aromatic carbocycles. The Bertz CT molecular complexity index is 528. The van der Waals surface area contributed by atoms with E-state index < -0.39 is 0 Å². The van der Waals surface area contributed by atoms with Gasteiger partial charge in [0.2, 0.25) is 11.8 Å². The van der Waals surface area contributed by atoms with E-state index >= 15 is 0 Å². The molecule has 1 aliphatic rings. The van der Waals surface area contributed by atoms with Crippen molar-refractivity contribution in [1.29, 1.82) is 0 Å². The van der Waals surface area contributed by atoms with E-state index in [0.29, 0.717) is 30.9 Å². The largest absolute Gasteiger partial charge is 0.491 e. The lowest BCUT2D eigenvalue weighted by atomic mass is 10.1. The third kappa shape index (κ3) is 4.21. The number of unbranched alkanes of at least 4 members (excludes halogenated alkanes) is 1. The number of rotatable bonds is 5. The van der Waals surface area contributed by atoms with Crippen molar-refractivity contribution in [2.24, 2.45) is 0 Å². The number of nitrogens with zero attached hydrogens (tertiary/aromatic N) is 1. The number of carbonyl (C=O) groups excluding carboxylic acids is 2. The van der Waals surface area contributed by atoms with Crippen LogP contribution in [-0.4, -0.2) is 36.9 Å². The lowest BCUT2D eigenvalue weighted by Crippen LogP contribution is -2.29. The number of ether oxygens (including phenoxy) is 1. The molecule has 0 atom stereocenters. The van der Waals surface area contributed by atoms with Crippen molar-refractivity contribution in [3.63, 3.8) is 0 Å². The summed E-state index contributed by atoms with van der Waals surface area (Å²) in [6.45, 7) is 3.27. The Hall–Kier alpha value is -2.04. The normalized spacial score (nSPS) is 13.7. The molecule has 0 saturated carbocycles. The van der Waals surface area contributed by atoms with Crippen LogP contribution in [0.5, 0.6) is 5.75 Å². The van der Waals surface area contributed by atoms with E-state index in [9.17, 15) is 9.59 Å². The van der Waals surface area contributed by atoms with Crippen LogP contribution in [0.4, 0.5) is 5.69 Å². The maximum atomic E-state index is 12.1. The Kier molecular flexibility index (Phi) is 5.20. The Morgan fingerprint density at radius 2 is 2.24 bits per heavy atom. The van der Waals surface area contributed by atoms with Gasteiger partial charge in [0, 0.05) is 13.6 Å². The van der Waals surface area contributed by atoms with Crippen LogP contribution >= 0.6 is 0 Å². The highest BCUT2D eigenvalue weighted by molar-refractivity contribution is 5.93. The standard InChI is InChI=1S/C16H22N2O3/c1-3-4-8-18(2)16(20)11-12-5-6-14-13(10-12)17-15(19)7-9-21-14/h5-6,10H,3-4,7-9,11H2,1-2H3,(H,17,19). The predicted octanol–water partition coefficient (Wildman–Crippen LogP) is 2.21. The molecule has 0 unspecified atom stereocenters. The molecule has 0 fully saturated rings. The summed E-state index contributed by atoms with van der Waals surface area (Å²) in [5.74, 6) is 0.693. The highest BCUT2D eigenvalue weighted by Crippen LogP contribution is 2.28. The van der Waals surface area contributed by atoms with Crippen LogP contribution in [0.3, 0.4) is 0 Å². The monoisotopic (exact) mass is 290 g/mol. The second kappa shape index (κ2) is 7.11. The lowest BCUT2D eigenvalue weighted by molar-refractivity contribution is -0.129. The van der Waals surface area contributed by atoms with Crippen LogP contribution in [0.2, 0.25) is 0 Å². The van der Waals surface area contributed by atoms with Crippen LogP contribution in [-0.2, 0) is 16.0 Å². The fourth-order valence-electron chi connectivity index (χ4n) is 2.21. The molecule has 2 amide bonds. The smallest absolute Gasteiger partial charge is 0.227 e. The molecule has 0 saturated heterocycles. The molecule has 0 bridgehead atoms. The Morgan fingerprint density at radius 1 is 1.43 bits per heavy atom. The highest BCUT2D eigenvalue weighted by Gasteiger charge is 2.15. The summed E-state index contributed by atoms with van der Waals surface area (Å²) in [7, 11) is 1.83. The molecule has 0 radical (unpaired) electrons. The van der Waals surface area contributed by atoms with Gasteiger partial charge >= 0.3 is 0 Å². The summed E-state index contributed by atoms with van der Waals surface area (Å²) >= 11 is 0. The summed E-state index contributed by atoms with van der Waals surface area (Å²) in [5.41, 5.74) is 1.53. The van der Waals surface area contributed by atoms with Crippen molar-refractivity contribution in [2.75, 3.05) is 25.5 Å². The number of fused-ring (bicyclic) bond motifs is 1. The van der Waals surface area contributed by atoms with E-state index in [1.165, 1.54) is 0 Å². The van der Waals surface area contributed by atoms with Crippen molar-refractivity contribution >= 4 is 17.5 Å². The molecule has 1 N–H and O–H groups in total. The third-order valence-corrected chi connectivity index (χ3v) is 3.53.